The summed E-state index contributed by atoms with van der Waals surface area (Å²) < 4.78 is 10.9. The molecule has 0 saturated heterocycles. The van der Waals surface area contributed by atoms with Gasteiger partial charge in [0.2, 0.25) is 0 Å². The summed E-state index contributed by atoms with van der Waals surface area (Å²) >= 11 is 13.2. The van der Waals surface area contributed by atoms with Crippen molar-refractivity contribution in [2.75, 3.05) is 12.4 Å². The summed E-state index contributed by atoms with van der Waals surface area (Å²) in [6, 6.07) is 4.97. The largest absolute Gasteiger partial charge is 0.482 e. The Balaban J connectivity index is 1.87. The highest BCUT2D eigenvalue weighted by molar-refractivity contribution is 7.99. The molecule has 1 N–H and O–H groups in total. The van der Waals surface area contributed by atoms with Crippen LogP contribution in [0.25, 0.3) is 0 Å². The first-order valence-corrected chi connectivity index (χ1v) is 7.57. The Hall–Kier alpha value is -0.950. The second-order valence-corrected chi connectivity index (χ2v) is 5.64. The van der Waals surface area contributed by atoms with E-state index in [0.29, 0.717) is 33.3 Å². The van der Waals surface area contributed by atoms with E-state index in [2.05, 4.69) is 10.2 Å². The van der Waals surface area contributed by atoms with E-state index in [1.54, 1.807) is 18.2 Å². The zero-order valence-corrected chi connectivity index (χ0v) is 12.7. The van der Waals surface area contributed by atoms with Gasteiger partial charge in [0.25, 0.3) is 11.1 Å². The van der Waals surface area contributed by atoms with Crippen LogP contribution in [0.1, 0.15) is 12.3 Å². The SMILES string of the molecule is OCCCSc1nnc(COc2ccc(Cl)cc2Cl)o1. The molecule has 0 spiro atoms. The second-order valence-electron chi connectivity index (χ2n) is 3.75. The van der Waals surface area contributed by atoms with E-state index in [1.807, 2.05) is 0 Å². The Bertz CT molecular complexity index is 565. The minimum atomic E-state index is 0.134. The Morgan fingerprint density at radius 1 is 1.30 bits per heavy atom. The van der Waals surface area contributed by atoms with Gasteiger partial charge in [-0.15, -0.1) is 10.2 Å². The van der Waals surface area contributed by atoms with Crippen LogP contribution in [0, 0.1) is 0 Å². The number of ether oxygens (including phenoxy) is 1. The summed E-state index contributed by atoms with van der Waals surface area (Å²) in [5.41, 5.74) is 0. The molecule has 0 radical (unpaired) electrons. The molecule has 1 aromatic carbocycles. The fraction of sp³-hybridized carbons (Fsp3) is 0.333. The Morgan fingerprint density at radius 3 is 2.90 bits per heavy atom. The second kappa shape index (κ2) is 7.73. The van der Waals surface area contributed by atoms with Crippen molar-refractivity contribution >= 4 is 35.0 Å². The zero-order chi connectivity index (χ0) is 14.4. The quantitative estimate of drug-likeness (QED) is 0.618. The standard InChI is InChI=1S/C12H12Cl2N2O3S/c13-8-2-3-10(9(14)6-8)18-7-11-15-16-12(19-11)20-5-1-4-17/h2-3,6,17H,1,4-5,7H2. The Labute approximate surface area is 130 Å². The number of aromatic nitrogens is 2. The lowest BCUT2D eigenvalue weighted by Gasteiger charge is -2.05. The number of rotatable bonds is 7. The minimum absolute atomic E-state index is 0.134. The minimum Gasteiger partial charge on any atom is -0.482 e. The first-order chi connectivity index (χ1) is 9.69. The van der Waals surface area contributed by atoms with Crippen molar-refractivity contribution in [2.24, 2.45) is 0 Å². The zero-order valence-electron chi connectivity index (χ0n) is 10.4. The van der Waals surface area contributed by atoms with Crippen LogP contribution in [0.4, 0.5) is 0 Å². The lowest BCUT2D eigenvalue weighted by molar-refractivity contribution is 0.252. The molecule has 8 heteroatoms. The molecule has 2 aromatic rings. The lowest BCUT2D eigenvalue weighted by atomic mass is 10.3. The molecule has 2 rings (SSSR count). The van der Waals surface area contributed by atoms with Gasteiger partial charge in [0.1, 0.15) is 5.75 Å². The highest BCUT2D eigenvalue weighted by Gasteiger charge is 2.09. The van der Waals surface area contributed by atoms with Gasteiger partial charge in [-0.2, -0.15) is 0 Å². The van der Waals surface area contributed by atoms with Gasteiger partial charge < -0.3 is 14.3 Å². The third-order valence-corrected chi connectivity index (χ3v) is 3.66. The molecule has 0 bridgehead atoms. The van der Waals surface area contributed by atoms with Gasteiger partial charge in [-0.05, 0) is 24.6 Å². The molecule has 5 nitrogen and oxygen atoms in total. The topological polar surface area (TPSA) is 68.4 Å². The highest BCUT2D eigenvalue weighted by atomic mass is 35.5. The maximum absolute atomic E-state index is 8.68. The van der Waals surface area contributed by atoms with E-state index in [4.69, 9.17) is 37.5 Å². The molecule has 0 amide bonds. The molecule has 1 aromatic heterocycles. The average Bonchev–Trinajstić information content (AvgIpc) is 2.86. The third kappa shape index (κ3) is 4.56. The number of benzene rings is 1. The number of hydrogen-bond donors (Lipinski definition) is 1. The normalized spacial score (nSPS) is 10.8. The van der Waals surface area contributed by atoms with Crippen molar-refractivity contribution in [1.82, 2.24) is 10.2 Å². The highest BCUT2D eigenvalue weighted by Crippen LogP contribution is 2.28. The third-order valence-electron chi connectivity index (χ3n) is 2.22. The van der Waals surface area contributed by atoms with Gasteiger partial charge in [0.05, 0.1) is 5.02 Å². The maximum atomic E-state index is 8.68. The summed E-state index contributed by atoms with van der Waals surface area (Å²) in [7, 11) is 0. The molecular weight excluding hydrogens is 323 g/mol. The summed E-state index contributed by atoms with van der Waals surface area (Å²) in [6.45, 7) is 0.279. The van der Waals surface area contributed by atoms with E-state index in [1.165, 1.54) is 11.8 Å². The van der Waals surface area contributed by atoms with Crippen LogP contribution < -0.4 is 4.74 Å². The van der Waals surface area contributed by atoms with Gasteiger partial charge >= 0.3 is 0 Å². The first kappa shape index (κ1) is 15.4. The monoisotopic (exact) mass is 334 g/mol. The molecule has 0 aliphatic rings. The molecular formula is C12H12Cl2N2O3S. The number of hydrogen-bond acceptors (Lipinski definition) is 6. The molecule has 0 atom stereocenters. The van der Waals surface area contributed by atoms with E-state index < -0.39 is 0 Å². The van der Waals surface area contributed by atoms with Gasteiger partial charge in [-0.1, -0.05) is 35.0 Å². The Kier molecular flexibility index (Phi) is 5.97. The fourth-order valence-electron chi connectivity index (χ4n) is 1.31. The number of nitrogens with zero attached hydrogens (tertiary/aromatic N) is 2. The molecule has 0 unspecified atom stereocenters. The molecule has 0 saturated carbocycles. The predicted molar refractivity (Wildman–Crippen MR) is 77.5 cm³/mol. The van der Waals surface area contributed by atoms with Gasteiger partial charge in [-0.25, -0.2) is 0 Å². The van der Waals surface area contributed by atoms with Crippen molar-refractivity contribution in [3.63, 3.8) is 0 Å². The number of thioether (sulfide) groups is 1. The predicted octanol–water partition coefficient (Wildman–Crippen LogP) is 3.43. The average molecular weight is 335 g/mol. The van der Waals surface area contributed by atoms with Crippen LogP contribution in [-0.2, 0) is 6.61 Å². The maximum Gasteiger partial charge on any atom is 0.276 e. The van der Waals surface area contributed by atoms with Gasteiger partial charge in [-0.3, -0.25) is 0 Å². The van der Waals surface area contributed by atoms with Crippen LogP contribution in [0.2, 0.25) is 10.0 Å². The smallest absolute Gasteiger partial charge is 0.276 e. The van der Waals surface area contributed by atoms with Crippen molar-refractivity contribution in [3.05, 3.63) is 34.1 Å². The van der Waals surface area contributed by atoms with E-state index in [-0.39, 0.29) is 13.2 Å². The van der Waals surface area contributed by atoms with Crippen molar-refractivity contribution < 1.29 is 14.3 Å². The fourth-order valence-corrected chi connectivity index (χ4v) is 2.48. The van der Waals surface area contributed by atoms with E-state index in [9.17, 15) is 0 Å². The molecule has 0 aliphatic heterocycles. The van der Waals surface area contributed by atoms with Crippen molar-refractivity contribution in [3.8, 4) is 5.75 Å². The van der Waals surface area contributed by atoms with Crippen molar-refractivity contribution in [2.45, 2.75) is 18.3 Å². The van der Waals surface area contributed by atoms with Crippen LogP contribution in [0.3, 0.4) is 0 Å². The van der Waals surface area contributed by atoms with Crippen LogP contribution in [-0.4, -0.2) is 27.7 Å². The summed E-state index contributed by atoms with van der Waals surface area (Å²) in [4.78, 5) is 0. The van der Waals surface area contributed by atoms with Gasteiger partial charge in [0.15, 0.2) is 6.61 Å². The van der Waals surface area contributed by atoms with E-state index in [0.717, 1.165) is 5.75 Å². The van der Waals surface area contributed by atoms with Crippen LogP contribution in [0.5, 0.6) is 5.75 Å². The summed E-state index contributed by atoms with van der Waals surface area (Å²) in [6.07, 6.45) is 0.680. The van der Waals surface area contributed by atoms with Crippen LogP contribution in [0.15, 0.2) is 27.8 Å². The lowest BCUT2D eigenvalue weighted by Crippen LogP contribution is -1.96. The number of halogens is 2. The molecule has 0 fully saturated rings. The van der Waals surface area contributed by atoms with Gasteiger partial charge in [0, 0.05) is 17.4 Å². The summed E-state index contributed by atoms with van der Waals surface area (Å²) in [5.74, 6) is 1.59. The van der Waals surface area contributed by atoms with Crippen LogP contribution >= 0.6 is 35.0 Å². The Morgan fingerprint density at radius 2 is 2.15 bits per heavy atom. The first-order valence-electron chi connectivity index (χ1n) is 5.83. The van der Waals surface area contributed by atoms with Crippen molar-refractivity contribution in [1.29, 1.82) is 0 Å². The molecule has 108 valence electrons. The molecule has 20 heavy (non-hydrogen) atoms. The summed E-state index contributed by atoms with van der Waals surface area (Å²) in [5, 5.41) is 17.8. The van der Waals surface area contributed by atoms with E-state index >= 15 is 0 Å². The number of aliphatic hydroxyl groups is 1. The number of aliphatic hydroxyl groups excluding tert-OH is 1. The molecule has 1 heterocycles. The molecule has 0 aliphatic carbocycles.